The van der Waals surface area contributed by atoms with Crippen LogP contribution in [0.2, 0.25) is 0 Å². The minimum Gasteiger partial charge on any atom is -0.381 e. The first-order valence-corrected chi connectivity index (χ1v) is 7.01. The molecule has 0 aliphatic heterocycles. The number of nitrogens with one attached hydrogen (secondary N) is 1. The van der Waals surface area contributed by atoms with Crippen LogP contribution in [0.1, 0.15) is 52.9 Å². The summed E-state index contributed by atoms with van der Waals surface area (Å²) in [6.07, 6.45) is 6.88. The Morgan fingerprint density at radius 1 is 1.19 bits per heavy atom. The van der Waals surface area contributed by atoms with Gasteiger partial charge in [-0.1, -0.05) is 26.7 Å². The molecular weight excluding hydrogens is 198 g/mol. The van der Waals surface area contributed by atoms with E-state index in [1.807, 2.05) is 0 Å². The molecule has 1 aliphatic rings. The molecule has 1 atom stereocenters. The first-order chi connectivity index (χ1) is 7.70. The van der Waals surface area contributed by atoms with Gasteiger partial charge >= 0.3 is 0 Å². The van der Waals surface area contributed by atoms with Gasteiger partial charge in [-0.3, -0.25) is 0 Å². The highest BCUT2D eigenvalue weighted by molar-refractivity contribution is 4.76. The summed E-state index contributed by atoms with van der Waals surface area (Å²) in [6.45, 7) is 9.64. The fourth-order valence-electron chi connectivity index (χ4n) is 2.45. The van der Waals surface area contributed by atoms with Gasteiger partial charge in [0.25, 0.3) is 0 Å². The highest BCUT2D eigenvalue weighted by Crippen LogP contribution is 2.27. The van der Waals surface area contributed by atoms with Gasteiger partial charge in [0.15, 0.2) is 0 Å². The van der Waals surface area contributed by atoms with E-state index >= 15 is 0 Å². The first kappa shape index (κ1) is 14.0. The maximum absolute atomic E-state index is 5.56. The Balaban J connectivity index is 1.90. The molecule has 96 valence electrons. The molecule has 1 rings (SSSR count). The van der Waals surface area contributed by atoms with E-state index in [-0.39, 0.29) is 0 Å². The Morgan fingerprint density at radius 3 is 2.50 bits per heavy atom. The molecule has 1 aliphatic carbocycles. The smallest absolute Gasteiger partial charge is 0.0489 e. The summed E-state index contributed by atoms with van der Waals surface area (Å²) in [4.78, 5) is 0. The second kappa shape index (κ2) is 8.08. The fourth-order valence-corrected chi connectivity index (χ4v) is 2.45. The van der Waals surface area contributed by atoms with Crippen LogP contribution in [0.25, 0.3) is 0 Å². The number of hydrogen-bond donors (Lipinski definition) is 1. The fraction of sp³-hybridized carbons (Fsp3) is 1.00. The number of hydrogen-bond acceptors (Lipinski definition) is 2. The van der Waals surface area contributed by atoms with Crippen molar-refractivity contribution >= 4 is 0 Å². The molecule has 0 aromatic rings. The van der Waals surface area contributed by atoms with Gasteiger partial charge in [-0.2, -0.15) is 0 Å². The maximum Gasteiger partial charge on any atom is 0.0489 e. The zero-order valence-corrected chi connectivity index (χ0v) is 11.3. The molecule has 1 unspecified atom stereocenters. The summed E-state index contributed by atoms with van der Waals surface area (Å²) < 4.78 is 5.56. The molecule has 1 saturated carbocycles. The third-order valence-corrected chi connectivity index (χ3v) is 3.49. The van der Waals surface area contributed by atoms with Gasteiger partial charge in [0, 0.05) is 19.3 Å². The van der Waals surface area contributed by atoms with Crippen molar-refractivity contribution in [2.75, 3.05) is 19.8 Å². The Morgan fingerprint density at radius 2 is 1.88 bits per heavy atom. The standard InChI is InChI=1S/C14H29NO/c1-12(2)11-16-10-6-9-15-13(3)14-7-4-5-8-14/h12-15H,4-11H2,1-3H3. The highest BCUT2D eigenvalue weighted by atomic mass is 16.5. The third-order valence-electron chi connectivity index (χ3n) is 3.49. The quantitative estimate of drug-likeness (QED) is 0.643. The van der Waals surface area contributed by atoms with Gasteiger partial charge in [-0.25, -0.2) is 0 Å². The minimum absolute atomic E-state index is 0.658. The predicted octanol–water partition coefficient (Wildman–Crippen LogP) is 3.22. The van der Waals surface area contributed by atoms with Gasteiger partial charge in [0.1, 0.15) is 0 Å². The SMILES string of the molecule is CC(C)COCCCNC(C)C1CCCC1. The highest BCUT2D eigenvalue weighted by Gasteiger charge is 2.20. The zero-order chi connectivity index (χ0) is 11.8. The van der Waals surface area contributed by atoms with Crippen molar-refractivity contribution in [2.24, 2.45) is 11.8 Å². The largest absolute Gasteiger partial charge is 0.381 e. The second-order valence-corrected chi connectivity index (χ2v) is 5.61. The van der Waals surface area contributed by atoms with Crippen molar-refractivity contribution in [3.8, 4) is 0 Å². The molecule has 0 saturated heterocycles. The molecule has 16 heavy (non-hydrogen) atoms. The van der Waals surface area contributed by atoms with Gasteiger partial charge in [-0.05, 0) is 44.6 Å². The average molecular weight is 227 g/mol. The van der Waals surface area contributed by atoms with E-state index in [1.54, 1.807) is 0 Å². The van der Waals surface area contributed by atoms with Crippen LogP contribution in [0.15, 0.2) is 0 Å². The summed E-state index contributed by atoms with van der Waals surface area (Å²) in [5.74, 6) is 1.59. The molecule has 0 aromatic carbocycles. The normalized spacial score (nSPS) is 19.5. The summed E-state index contributed by atoms with van der Waals surface area (Å²) in [5, 5.41) is 3.63. The molecule has 1 N–H and O–H groups in total. The Bertz CT molecular complexity index is 164. The van der Waals surface area contributed by atoms with Crippen LogP contribution in [0, 0.1) is 11.8 Å². The van der Waals surface area contributed by atoms with Crippen molar-refractivity contribution < 1.29 is 4.74 Å². The van der Waals surface area contributed by atoms with Crippen molar-refractivity contribution in [3.63, 3.8) is 0 Å². The van der Waals surface area contributed by atoms with Crippen LogP contribution >= 0.6 is 0 Å². The topological polar surface area (TPSA) is 21.3 Å². The summed E-state index contributed by atoms with van der Waals surface area (Å²) in [7, 11) is 0. The van der Waals surface area contributed by atoms with E-state index in [1.165, 1.54) is 25.7 Å². The summed E-state index contributed by atoms with van der Waals surface area (Å²) >= 11 is 0. The number of ether oxygens (including phenoxy) is 1. The van der Waals surface area contributed by atoms with Crippen LogP contribution in [-0.2, 0) is 4.74 Å². The Hall–Kier alpha value is -0.0800. The lowest BCUT2D eigenvalue weighted by Gasteiger charge is -2.20. The third kappa shape index (κ3) is 5.86. The zero-order valence-electron chi connectivity index (χ0n) is 11.3. The van der Waals surface area contributed by atoms with Gasteiger partial charge in [0.2, 0.25) is 0 Å². The van der Waals surface area contributed by atoms with Crippen molar-refractivity contribution in [1.29, 1.82) is 0 Å². The summed E-state index contributed by atoms with van der Waals surface area (Å²) in [5.41, 5.74) is 0. The lowest BCUT2D eigenvalue weighted by molar-refractivity contribution is 0.107. The molecule has 0 radical (unpaired) electrons. The molecule has 1 fully saturated rings. The van der Waals surface area contributed by atoms with E-state index < -0.39 is 0 Å². The van der Waals surface area contributed by atoms with E-state index in [0.29, 0.717) is 12.0 Å². The summed E-state index contributed by atoms with van der Waals surface area (Å²) in [6, 6.07) is 0.701. The van der Waals surface area contributed by atoms with Crippen molar-refractivity contribution in [3.05, 3.63) is 0 Å². The molecule has 0 heterocycles. The van der Waals surface area contributed by atoms with Crippen molar-refractivity contribution in [2.45, 2.75) is 58.9 Å². The molecular formula is C14H29NO. The van der Waals surface area contributed by atoms with Crippen molar-refractivity contribution in [1.82, 2.24) is 5.32 Å². The van der Waals surface area contributed by atoms with E-state index in [4.69, 9.17) is 4.74 Å². The maximum atomic E-state index is 5.56. The van der Waals surface area contributed by atoms with Crippen LogP contribution in [0.5, 0.6) is 0 Å². The Kier molecular flexibility index (Phi) is 7.06. The predicted molar refractivity (Wildman–Crippen MR) is 69.7 cm³/mol. The Labute approximate surface area is 101 Å². The lowest BCUT2D eigenvalue weighted by atomic mass is 10.00. The monoisotopic (exact) mass is 227 g/mol. The van der Waals surface area contributed by atoms with E-state index in [9.17, 15) is 0 Å². The van der Waals surface area contributed by atoms with Crippen LogP contribution in [0.3, 0.4) is 0 Å². The van der Waals surface area contributed by atoms with E-state index in [0.717, 1.165) is 32.1 Å². The first-order valence-electron chi connectivity index (χ1n) is 7.01. The van der Waals surface area contributed by atoms with Gasteiger partial charge in [-0.15, -0.1) is 0 Å². The molecule has 0 bridgehead atoms. The molecule has 0 spiro atoms. The molecule has 2 nitrogen and oxygen atoms in total. The minimum atomic E-state index is 0.658. The average Bonchev–Trinajstić information content (AvgIpc) is 2.75. The number of rotatable bonds is 8. The molecule has 2 heteroatoms. The molecule has 0 aromatic heterocycles. The lowest BCUT2D eigenvalue weighted by Crippen LogP contribution is -2.33. The van der Waals surface area contributed by atoms with Crippen LogP contribution < -0.4 is 5.32 Å². The van der Waals surface area contributed by atoms with E-state index in [2.05, 4.69) is 26.1 Å². The van der Waals surface area contributed by atoms with Crippen LogP contribution in [0.4, 0.5) is 0 Å². The van der Waals surface area contributed by atoms with Crippen LogP contribution in [-0.4, -0.2) is 25.8 Å². The second-order valence-electron chi connectivity index (χ2n) is 5.61. The molecule has 0 amide bonds. The van der Waals surface area contributed by atoms with Gasteiger partial charge in [0.05, 0.1) is 0 Å². The van der Waals surface area contributed by atoms with Gasteiger partial charge < -0.3 is 10.1 Å².